The molecule has 2 nitrogen and oxygen atoms in total. The van der Waals surface area contributed by atoms with Gasteiger partial charge in [0.15, 0.2) is 0 Å². The van der Waals surface area contributed by atoms with Crippen LogP contribution in [0.1, 0.15) is 480 Å². The van der Waals surface area contributed by atoms with Gasteiger partial charge in [-0.15, -0.1) is 0 Å². The molecule has 0 aromatic heterocycles. The van der Waals surface area contributed by atoms with Gasteiger partial charge in [-0.3, -0.25) is 0 Å². The first-order valence-corrected chi connectivity index (χ1v) is 40.5. The zero-order valence-electron chi connectivity index (χ0n) is 62.8. The zero-order valence-corrected chi connectivity index (χ0v) is 62.8. The lowest BCUT2D eigenvalue weighted by molar-refractivity contribution is -0.117. The summed E-state index contributed by atoms with van der Waals surface area (Å²) in [4.78, 5) is 21.8. The van der Waals surface area contributed by atoms with Gasteiger partial charge in [0.2, 0.25) is 0 Å². The number of hydrogen-bond acceptors (Lipinski definition) is 2. The number of unbranched alkanes of at least 4 members (excludes halogenated alkanes) is 52. The molecule has 0 aromatic rings. The Kier molecular flexibility index (Phi) is 106. The van der Waals surface area contributed by atoms with Crippen molar-refractivity contribution in [1.29, 1.82) is 0 Å². The lowest BCUT2D eigenvalue weighted by atomic mass is 10.0. The number of ketones is 2. The van der Waals surface area contributed by atoms with E-state index in [9.17, 15) is 9.59 Å². The van der Waals surface area contributed by atoms with E-state index in [-0.39, 0.29) is 0 Å². The number of rotatable bonds is 66. The van der Waals surface area contributed by atoms with Crippen LogP contribution in [0, 0.1) is 0 Å². The maximum Gasteiger partial charge on any atom is 0.129 e. The molecule has 0 N–H and O–H groups in total. The number of hydrogen-bond donors (Lipinski definition) is 0. The number of carbonyl (C=O) groups is 2. The van der Waals surface area contributed by atoms with Crippen LogP contribution in [0.5, 0.6) is 0 Å². The van der Waals surface area contributed by atoms with Crippen molar-refractivity contribution in [1.82, 2.24) is 0 Å². The van der Waals surface area contributed by atoms with Crippen LogP contribution in [0.4, 0.5) is 0 Å². The molecule has 0 saturated carbocycles. The fourth-order valence-electron chi connectivity index (χ4n) is 10.4. The van der Waals surface area contributed by atoms with E-state index in [4.69, 9.17) is 0 Å². The maximum absolute atomic E-state index is 10.9. The average molecular weight is 1230 g/mol. The first-order valence-electron chi connectivity index (χ1n) is 40.5. The molecule has 0 atom stereocenters. The van der Waals surface area contributed by atoms with Crippen molar-refractivity contribution in [2.24, 2.45) is 0 Å². The number of allylic oxidation sites excluding steroid dienone is 10. The quantitative estimate of drug-likeness (QED) is 0.0449. The molecule has 88 heavy (non-hydrogen) atoms. The Morgan fingerprint density at radius 3 is 0.409 bits per heavy atom. The Bertz CT molecular complexity index is 1320. The average Bonchev–Trinajstić information content (AvgIpc) is 3.53. The van der Waals surface area contributed by atoms with Crippen LogP contribution in [0.3, 0.4) is 0 Å². The second-order valence-electron chi connectivity index (χ2n) is 26.7. The molecule has 0 heterocycles. The highest BCUT2D eigenvalue weighted by molar-refractivity contribution is 5.75. The molecule has 524 valence electrons. The minimum absolute atomic E-state index is 0.328. The van der Waals surface area contributed by atoms with Crippen molar-refractivity contribution in [2.45, 2.75) is 480 Å². The van der Waals surface area contributed by atoms with Crippen LogP contribution in [-0.4, -0.2) is 11.6 Å². The van der Waals surface area contributed by atoms with Crippen molar-refractivity contribution >= 4 is 11.6 Å². The molecule has 0 aliphatic carbocycles. The van der Waals surface area contributed by atoms with Gasteiger partial charge in [-0.1, -0.05) is 373 Å². The van der Waals surface area contributed by atoms with Crippen molar-refractivity contribution in [3.8, 4) is 0 Å². The largest absolute Gasteiger partial charge is 0.300 e. The maximum atomic E-state index is 10.9. The van der Waals surface area contributed by atoms with Gasteiger partial charge in [0.05, 0.1) is 0 Å². The molecular weight excluding hydrogens is 1060 g/mol. The van der Waals surface area contributed by atoms with Gasteiger partial charge < -0.3 is 9.59 Å². The summed E-state index contributed by atoms with van der Waals surface area (Å²) in [7, 11) is 0. The molecule has 0 bridgehead atoms. The van der Waals surface area contributed by atoms with E-state index in [2.05, 4.69) is 116 Å². The Balaban J connectivity index is -0.000000439. The lowest BCUT2D eigenvalue weighted by Gasteiger charge is -2.02. The molecule has 0 spiro atoms. The Hall–Kier alpha value is -1.96. The van der Waals surface area contributed by atoms with Gasteiger partial charge in [-0.05, 0) is 155 Å². The summed E-state index contributed by atoms with van der Waals surface area (Å²) in [5.41, 5.74) is 0. The van der Waals surface area contributed by atoms with Crippen molar-refractivity contribution in [3.63, 3.8) is 0 Å². The van der Waals surface area contributed by atoms with E-state index in [1.807, 2.05) is 0 Å². The second kappa shape index (κ2) is 98.6. The Labute approximate surface area is 559 Å². The summed E-state index contributed by atoms with van der Waals surface area (Å²) in [6.45, 7) is 21.1. The topological polar surface area (TPSA) is 34.1 Å². The molecule has 0 amide bonds. The summed E-state index contributed by atoms with van der Waals surface area (Å²) in [5.74, 6) is 0.673. The van der Waals surface area contributed by atoms with E-state index in [1.165, 1.54) is 385 Å². The fraction of sp³-hybridized carbons (Fsp3) is 0.860. The van der Waals surface area contributed by atoms with Crippen LogP contribution >= 0.6 is 0 Å². The highest BCUT2D eigenvalue weighted by atomic mass is 16.1. The summed E-state index contributed by atoms with van der Waals surface area (Å²) >= 11 is 0. The predicted octanol–water partition coefficient (Wildman–Crippen LogP) is 32.0. The van der Waals surface area contributed by atoms with Gasteiger partial charge in [0.25, 0.3) is 0 Å². The van der Waals surface area contributed by atoms with Crippen LogP contribution in [0.15, 0.2) is 60.8 Å². The van der Waals surface area contributed by atoms with E-state index >= 15 is 0 Å². The summed E-state index contributed by atoms with van der Waals surface area (Å²) in [5, 5.41) is 0. The van der Waals surface area contributed by atoms with Crippen LogP contribution in [0.25, 0.3) is 0 Å². The minimum atomic E-state index is 0.328. The SMILES string of the molecule is CCCC.CCCC.CCCC.CCCCCCCCCCCCCC/C=C/CCCCC/C=C/CCCCC/C=C/CCCCCC(C)=O.CCCCCCCCCCCCCC/C=C/CCCCC/C=C/CCCCCCCCCCCCC(C)=O. The van der Waals surface area contributed by atoms with Crippen molar-refractivity contribution < 1.29 is 9.59 Å². The summed E-state index contributed by atoms with van der Waals surface area (Å²) in [6.07, 6.45) is 110. The molecule has 0 aromatic carbocycles. The molecule has 0 aliphatic heterocycles. The normalized spacial score (nSPS) is 11.3. The fourth-order valence-corrected chi connectivity index (χ4v) is 10.4. The molecule has 2 heteroatoms. The third-order valence-electron chi connectivity index (χ3n) is 17.1. The standard InChI is InChI=1S/C37H70O.C37H68O.3C4H10/c2*1-3-4-5-6-7-8-9-10-11-12-13-14-15-16-17-18-19-20-21-22-23-24-25-26-27-28-29-30-31-32-33-34-35-36-37(2)38;3*1-3-4-2/h16-17,23-24H,3-15,18-22,25-36H2,1-2H3;16-17,23-24,30-31H,3-15,18-22,25-29,32-36H2,1-2H3;3*3-4H2,1-2H3/b17-16+,24-23+;17-16+,24-23+,31-30+;;;. The molecule has 0 rings (SSSR count). The molecular formula is C86H168O2. The molecule has 0 saturated heterocycles. The molecule has 0 aliphatic rings. The molecule has 0 radical (unpaired) electrons. The monoisotopic (exact) mass is 1230 g/mol. The van der Waals surface area contributed by atoms with Crippen LogP contribution < -0.4 is 0 Å². The Morgan fingerprint density at radius 1 is 0.159 bits per heavy atom. The van der Waals surface area contributed by atoms with Gasteiger partial charge in [-0.2, -0.15) is 0 Å². The van der Waals surface area contributed by atoms with E-state index in [1.54, 1.807) is 13.8 Å². The third kappa shape index (κ3) is 115. The van der Waals surface area contributed by atoms with Gasteiger partial charge >= 0.3 is 0 Å². The zero-order chi connectivity index (χ0) is 65.5. The van der Waals surface area contributed by atoms with Gasteiger partial charge in [0, 0.05) is 12.8 Å². The highest BCUT2D eigenvalue weighted by Crippen LogP contribution is 2.17. The minimum Gasteiger partial charge on any atom is -0.300 e. The third-order valence-corrected chi connectivity index (χ3v) is 17.1. The predicted molar refractivity (Wildman–Crippen MR) is 408 cm³/mol. The van der Waals surface area contributed by atoms with Crippen molar-refractivity contribution in [3.05, 3.63) is 60.8 Å². The second-order valence-corrected chi connectivity index (χ2v) is 26.7. The first kappa shape index (κ1) is 94.7. The van der Waals surface area contributed by atoms with Gasteiger partial charge in [-0.25, -0.2) is 0 Å². The molecule has 0 fully saturated rings. The van der Waals surface area contributed by atoms with Gasteiger partial charge in [0.1, 0.15) is 11.6 Å². The number of carbonyl (C=O) groups excluding carboxylic acids is 2. The molecule has 0 unspecified atom stereocenters. The lowest BCUT2D eigenvalue weighted by Crippen LogP contribution is -1.89. The smallest absolute Gasteiger partial charge is 0.129 e. The summed E-state index contributed by atoms with van der Waals surface area (Å²) in [6, 6.07) is 0. The highest BCUT2D eigenvalue weighted by Gasteiger charge is 1.99. The Morgan fingerprint density at radius 2 is 0.273 bits per heavy atom. The first-order chi connectivity index (χ1) is 43.3. The van der Waals surface area contributed by atoms with E-state index in [0.717, 1.165) is 25.7 Å². The number of Topliss-reactive ketones (excluding diaryl/α,β-unsaturated/α-hetero) is 2. The van der Waals surface area contributed by atoms with Crippen LogP contribution in [0.2, 0.25) is 0 Å². The summed E-state index contributed by atoms with van der Waals surface area (Å²) < 4.78 is 0. The van der Waals surface area contributed by atoms with Crippen LogP contribution in [-0.2, 0) is 9.59 Å². The van der Waals surface area contributed by atoms with E-state index < -0.39 is 0 Å². The van der Waals surface area contributed by atoms with E-state index in [0.29, 0.717) is 11.6 Å². The van der Waals surface area contributed by atoms with Crippen molar-refractivity contribution in [2.75, 3.05) is 0 Å².